The number of aromatic nitrogens is 1. The first kappa shape index (κ1) is 11.8. The second kappa shape index (κ2) is 4.43. The molecule has 0 amide bonds. The number of anilines is 2. The summed E-state index contributed by atoms with van der Waals surface area (Å²) in [7, 11) is 0. The van der Waals surface area contributed by atoms with Crippen molar-refractivity contribution in [2.45, 2.75) is 26.7 Å². The molecule has 2 aromatic rings. The van der Waals surface area contributed by atoms with Crippen molar-refractivity contribution < 1.29 is 0 Å². The molecule has 0 radical (unpaired) electrons. The Labute approximate surface area is 112 Å². The van der Waals surface area contributed by atoms with Crippen LogP contribution >= 0.6 is 11.3 Å². The van der Waals surface area contributed by atoms with Crippen molar-refractivity contribution in [3.8, 4) is 0 Å². The molecule has 1 aromatic carbocycles. The smallest absolute Gasteiger partial charge is 0.181 e. The van der Waals surface area contributed by atoms with Gasteiger partial charge in [-0.25, -0.2) is 4.98 Å². The summed E-state index contributed by atoms with van der Waals surface area (Å²) < 4.78 is 1.22. The lowest BCUT2D eigenvalue weighted by Crippen LogP contribution is -2.32. The van der Waals surface area contributed by atoms with Crippen LogP contribution in [0.25, 0.3) is 10.2 Å². The maximum Gasteiger partial charge on any atom is 0.181 e. The molecule has 0 atom stereocenters. The lowest BCUT2D eigenvalue weighted by Gasteiger charge is -2.32. The lowest BCUT2D eigenvalue weighted by molar-refractivity contribution is 0.585. The second-order valence-electron chi connectivity index (χ2n) is 5.44. The number of fused-ring (bicyclic) bond motifs is 2. The van der Waals surface area contributed by atoms with Crippen molar-refractivity contribution in [1.82, 2.24) is 4.98 Å². The number of rotatable bonds is 2. The number of benzene rings is 1. The zero-order chi connectivity index (χ0) is 12.7. The van der Waals surface area contributed by atoms with Gasteiger partial charge in [0.15, 0.2) is 5.13 Å². The molecule has 1 aromatic heterocycles. The highest BCUT2D eigenvalue weighted by atomic mass is 32.1. The van der Waals surface area contributed by atoms with E-state index in [9.17, 15) is 0 Å². The Hall–Kier alpha value is -1.29. The molecule has 0 bridgehead atoms. The van der Waals surface area contributed by atoms with Crippen LogP contribution in [0.1, 0.15) is 25.8 Å². The predicted molar refractivity (Wildman–Crippen MR) is 79.4 cm³/mol. The van der Waals surface area contributed by atoms with Gasteiger partial charge in [0, 0.05) is 18.8 Å². The third-order valence-electron chi connectivity index (χ3n) is 3.41. The van der Waals surface area contributed by atoms with E-state index in [0.29, 0.717) is 11.0 Å². The number of aryl methyl sites for hydroxylation is 1. The van der Waals surface area contributed by atoms with Gasteiger partial charge in [-0.15, -0.1) is 0 Å². The first-order valence-electron chi connectivity index (χ1n) is 6.57. The van der Waals surface area contributed by atoms with Gasteiger partial charge in [0.1, 0.15) is 0 Å². The maximum absolute atomic E-state index is 5.80. The molecule has 0 unspecified atom stereocenters. The highest BCUT2D eigenvalue weighted by molar-refractivity contribution is 7.22. The van der Waals surface area contributed by atoms with Gasteiger partial charge in [-0.1, -0.05) is 25.2 Å². The quantitative estimate of drug-likeness (QED) is 0.902. The molecule has 0 aliphatic carbocycles. The molecule has 96 valence electrons. The average molecular weight is 261 g/mol. The molecule has 18 heavy (non-hydrogen) atoms. The summed E-state index contributed by atoms with van der Waals surface area (Å²) in [6.07, 6.45) is 2.43. The van der Waals surface area contributed by atoms with Crippen LogP contribution in [-0.2, 0) is 6.42 Å². The Balaban J connectivity index is 2.06. The normalized spacial score (nSPS) is 15.4. The fourth-order valence-electron chi connectivity index (χ4n) is 2.73. The van der Waals surface area contributed by atoms with Crippen LogP contribution in [0, 0.1) is 5.92 Å². The molecular weight excluding hydrogens is 242 g/mol. The summed E-state index contributed by atoms with van der Waals surface area (Å²) in [5, 5.41) is 0.669. The summed E-state index contributed by atoms with van der Waals surface area (Å²) in [5.41, 5.74) is 9.67. The predicted octanol–water partition coefficient (Wildman–Crippen LogP) is 3.29. The number of nitrogen functional groups attached to an aromatic ring is 1. The molecule has 0 saturated carbocycles. The molecule has 1 aliphatic heterocycles. The molecule has 0 saturated heterocycles. The molecule has 4 heteroatoms. The van der Waals surface area contributed by atoms with Gasteiger partial charge >= 0.3 is 0 Å². The van der Waals surface area contributed by atoms with Crippen LogP contribution in [0.3, 0.4) is 0 Å². The van der Waals surface area contributed by atoms with E-state index >= 15 is 0 Å². The van der Waals surface area contributed by atoms with Crippen LogP contribution in [0.5, 0.6) is 0 Å². The van der Waals surface area contributed by atoms with E-state index in [1.54, 1.807) is 11.3 Å². The zero-order valence-corrected chi connectivity index (χ0v) is 11.8. The van der Waals surface area contributed by atoms with Crippen molar-refractivity contribution in [3.63, 3.8) is 0 Å². The van der Waals surface area contributed by atoms with Gasteiger partial charge in [0.05, 0.1) is 10.2 Å². The summed E-state index contributed by atoms with van der Waals surface area (Å²) >= 11 is 1.59. The monoisotopic (exact) mass is 261 g/mol. The van der Waals surface area contributed by atoms with Crippen LogP contribution in [0.15, 0.2) is 12.1 Å². The van der Waals surface area contributed by atoms with Gasteiger partial charge in [-0.05, 0) is 36.5 Å². The summed E-state index contributed by atoms with van der Waals surface area (Å²) in [5.74, 6) is 0.687. The van der Waals surface area contributed by atoms with E-state index in [0.717, 1.165) is 18.6 Å². The molecule has 2 heterocycles. The Bertz CT molecular complexity index is 574. The van der Waals surface area contributed by atoms with E-state index < -0.39 is 0 Å². The van der Waals surface area contributed by atoms with Crippen molar-refractivity contribution in [3.05, 3.63) is 17.7 Å². The largest absolute Gasteiger partial charge is 0.375 e. The number of nitrogens with zero attached hydrogens (tertiary/aromatic N) is 2. The number of thiazole rings is 1. The van der Waals surface area contributed by atoms with E-state index in [-0.39, 0.29) is 0 Å². The fourth-order valence-corrected chi connectivity index (χ4v) is 3.51. The summed E-state index contributed by atoms with van der Waals surface area (Å²) in [6.45, 7) is 6.83. The molecule has 1 aliphatic rings. The third kappa shape index (κ3) is 2.05. The van der Waals surface area contributed by atoms with Crippen molar-refractivity contribution in [1.29, 1.82) is 0 Å². The molecular formula is C14H19N3S. The van der Waals surface area contributed by atoms with Crippen LogP contribution in [0.2, 0.25) is 0 Å². The average Bonchev–Trinajstić information content (AvgIpc) is 2.65. The minimum atomic E-state index is 0.669. The molecule has 3 rings (SSSR count). The summed E-state index contributed by atoms with van der Waals surface area (Å²) in [4.78, 5) is 6.90. The first-order valence-corrected chi connectivity index (χ1v) is 7.39. The summed E-state index contributed by atoms with van der Waals surface area (Å²) in [6, 6.07) is 4.50. The second-order valence-corrected chi connectivity index (χ2v) is 6.51. The van der Waals surface area contributed by atoms with Gasteiger partial charge in [-0.3, -0.25) is 0 Å². The minimum absolute atomic E-state index is 0.669. The van der Waals surface area contributed by atoms with Crippen LogP contribution in [-0.4, -0.2) is 18.1 Å². The Morgan fingerprint density at radius 3 is 3.06 bits per heavy atom. The first-order chi connectivity index (χ1) is 8.63. The van der Waals surface area contributed by atoms with Crippen molar-refractivity contribution >= 4 is 32.4 Å². The Morgan fingerprint density at radius 2 is 2.28 bits per heavy atom. The minimum Gasteiger partial charge on any atom is -0.375 e. The molecule has 3 nitrogen and oxygen atoms in total. The maximum atomic E-state index is 5.80. The lowest BCUT2D eigenvalue weighted by atomic mass is 10.0. The van der Waals surface area contributed by atoms with E-state index in [1.165, 1.54) is 28.8 Å². The van der Waals surface area contributed by atoms with Gasteiger partial charge in [0.25, 0.3) is 0 Å². The molecule has 0 spiro atoms. The molecule has 2 N–H and O–H groups in total. The zero-order valence-electron chi connectivity index (χ0n) is 10.9. The van der Waals surface area contributed by atoms with Gasteiger partial charge < -0.3 is 10.6 Å². The number of hydrogen-bond donors (Lipinski definition) is 1. The topological polar surface area (TPSA) is 42.1 Å². The number of hydrogen-bond acceptors (Lipinski definition) is 4. The van der Waals surface area contributed by atoms with Gasteiger partial charge in [-0.2, -0.15) is 0 Å². The third-order valence-corrected chi connectivity index (χ3v) is 4.25. The standard InChI is InChI=1S/C14H19N3S/c1-9(2)8-17-5-3-4-10-6-13-11(7-12(10)17)16-14(15)18-13/h6-7,9H,3-5,8H2,1-2H3,(H2,15,16). The highest BCUT2D eigenvalue weighted by Gasteiger charge is 2.19. The van der Waals surface area contributed by atoms with Gasteiger partial charge in [0.2, 0.25) is 0 Å². The van der Waals surface area contributed by atoms with E-state index in [1.807, 2.05) is 0 Å². The highest BCUT2D eigenvalue weighted by Crippen LogP contribution is 2.34. The van der Waals surface area contributed by atoms with E-state index in [4.69, 9.17) is 5.73 Å². The van der Waals surface area contributed by atoms with Crippen molar-refractivity contribution in [2.75, 3.05) is 23.7 Å². The van der Waals surface area contributed by atoms with E-state index in [2.05, 4.69) is 35.9 Å². The Morgan fingerprint density at radius 1 is 1.44 bits per heavy atom. The number of nitrogens with two attached hydrogens (primary N) is 1. The SMILES string of the molecule is CC(C)CN1CCCc2cc3sc(N)nc3cc21. The molecule has 0 fully saturated rings. The Kier molecular flexibility index (Phi) is 2.90. The van der Waals surface area contributed by atoms with Crippen LogP contribution < -0.4 is 10.6 Å². The van der Waals surface area contributed by atoms with Crippen molar-refractivity contribution in [2.24, 2.45) is 5.92 Å². The fraction of sp³-hybridized carbons (Fsp3) is 0.500. The van der Waals surface area contributed by atoms with Crippen LogP contribution in [0.4, 0.5) is 10.8 Å².